The van der Waals surface area contributed by atoms with Gasteiger partial charge in [-0.1, -0.05) is 12.1 Å². The van der Waals surface area contributed by atoms with E-state index in [9.17, 15) is 0 Å². The molecule has 3 rings (SSSR count). The van der Waals surface area contributed by atoms with Gasteiger partial charge in [-0.25, -0.2) is 9.97 Å². The van der Waals surface area contributed by atoms with Crippen molar-refractivity contribution in [2.45, 2.75) is 0 Å². The molecule has 0 aliphatic heterocycles. The molecular weight excluding hydrogens is 214 g/mol. The van der Waals surface area contributed by atoms with Crippen LogP contribution in [0.15, 0.2) is 47.0 Å². The van der Waals surface area contributed by atoms with Crippen LogP contribution in [0.4, 0.5) is 0 Å². The summed E-state index contributed by atoms with van der Waals surface area (Å²) in [6.07, 6.45) is 1.65. The highest BCUT2D eigenvalue weighted by molar-refractivity contribution is 5.74. The third-order valence-electron chi connectivity index (χ3n) is 2.44. The molecule has 3 aromatic rings. The van der Waals surface area contributed by atoms with Gasteiger partial charge in [0.05, 0.1) is 17.2 Å². The van der Waals surface area contributed by atoms with Crippen LogP contribution in [0.5, 0.6) is 0 Å². The highest BCUT2D eigenvalue weighted by Crippen LogP contribution is 2.25. The number of hydrogen-bond acceptors (Lipinski definition) is 4. The van der Waals surface area contributed by atoms with Gasteiger partial charge in [0.1, 0.15) is 5.52 Å². The monoisotopic (exact) mass is 221 g/mol. The lowest BCUT2D eigenvalue weighted by molar-refractivity contribution is 0.607. The van der Waals surface area contributed by atoms with Gasteiger partial charge in [0.15, 0.2) is 0 Å². The molecule has 1 aromatic carbocycles. The lowest BCUT2D eigenvalue weighted by Gasteiger charge is -1.96. The van der Waals surface area contributed by atoms with E-state index in [0.717, 1.165) is 0 Å². The van der Waals surface area contributed by atoms with Crippen molar-refractivity contribution in [2.75, 3.05) is 0 Å². The number of rotatable bonds is 1. The molecule has 4 heteroatoms. The first kappa shape index (κ1) is 9.55. The van der Waals surface area contributed by atoms with Crippen LogP contribution in [0.2, 0.25) is 0 Å². The van der Waals surface area contributed by atoms with Crippen molar-refractivity contribution in [3.8, 4) is 17.5 Å². The minimum absolute atomic E-state index is 0.427. The summed E-state index contributed by atoms with van der Waals surface area (Å²) in [5.41, 5.74) is 2.40. The molecule has 0 atom stereocenters. The molecule has 0 aliphatic rings. The summed E-state index contributed by atoms with van der Waals surface area (Å²) in [6.45, 7) is 0. The van der Waals surface area contributed by atoms with Crippen molar-refractivity contribution >= 4 is 11.2 Å². The van der Waals surface area contributed by atoms with Gasteiger partial charge in [-0.05, 0) is 24.3 Å². The standard InChI is InChI=1S/C13H7N3O/c14-8-9-4-1-2-5-10(9)12-16-11-6-3-7-15-13(11)17-12/h1-7H. The Morgan fingerprint density at radius 3 is 2.82 bits per heavy atom. The van der Waals surface area contributed by atoms with E-state index in [1.165, 1.54) is 0 Å². The van der Waals surface area contributed by atoms with Gasteiger partial charge >= 0.3 is 0 Å². The average molecular weight is 221 g/mol. The largest absolute Gasteiger partial charge is 0.418 e. The van der Waals surface area contributed by atoms with Gasteiger partial charge < -0.3 is 4.42 Å². The minimum atomic E-state index is 0.427. The van der Waals surface area contributed by atoms with E-state index in [1.54, 1.807) is 18.3 Å². The molecule has 0 aliphatic carbocycles. The van der Waals surface area contributed by atoms with E-state index in [4.69, 9.17) is 9.68 Å². The zero-order valence-electron chi connectivity index (χ0n) is 8.79. The Kier molecular flexibility index (Phi) is 2.09. The zero-order chi connectivity index (χ0) is 11.7. The van der Waals surface area contributed by atoms with Gasteiger partial charge in [-0.2, -0.15) is 5.26 Å². The zero-order valence-corrected chi connectivity index (χ0v) is 8.79. The summed E-state index contributed by atoms with van der Waals surface area (Å²) < 4.78 is 5.52. The molecular formula is C13H7N3O. The Hall–Kier alpha value is -2.67. The number of oxazole rings is 1. The van der Waals surface area contributed by atoms with Crippen LogP contribution in [-0.2, 0) is 0 Å². The number of pyridine rings is 1. The number of nitrogens with zero attached hydrogens (tertiary/aromatic N) is 3. The van der Waals surface area contributed by atoms with Crippen LogP contribution in [0.1, 0.15) is 5.56 Å². The molecule has 0 N–H and O–H groups in total. The molecule has 0 amide bonds. The number of hydrogen-bond donors (Lipinski definition) is 0. The van der Waals surface area contributed by atoms with Crippen molar-refractivity contribution < 1.29 is 4.42 Å². The molecule has 0 saturated carbocycles. The lowest BCUT2D eigenvalue weighted by atomic mass is 10.1. The van der Waals surface area contributed by atoms with Crippen LogP contribution < -0.4 is 0 Å². The van der Waals surface area contributed by atoms with Crippen molar-refractivity contribution in [3.63, 3.8) is 0 Å². The Balaban J connectivity index is 2.25. The first-order chi connectivity index (χ1) is 8.38. The molecule has 17 heavy (non-hydrogen) atoms. The Labute approximate surface area is 97.2 Å². The molecule has 2 heterocycles. The van der Waals surface area contributed by atoms with E-state index in [2.05, 4.69) is 16.0 Å². The lowest BCUT2D eigenvalue weighted by Crippen LogP contribution is -1.82. The van der Waals surface area contributed by atoms with Gasteiger partial charge in [0.2, 0.25) is 11.6 Å². The van der Waals surface area contributed by atoms with Crippen LogP contribution in [-0.4, -0.2) is 9.97 Å². The molecule has 2 aromatic heterocycles. The smallest absolute Gasteiger partial charge is 0.247 e. The Morgan fingerprint density at radius 2 is 2.00 bits per heavy atom. The van der Waals surface area contributed by atoms with E-state index >= 15 is 0 Å². The summed E-state index contributed by atoms with van der Waals surface area (Å²) in [4.78, 5) is 8.38. The molecule has 0 fully saturated rings. The first-order valence-corrected chi connectivity index (χ1v) is 5.09. The summed E-state index contributed by atoms with van der Waals surface area (Å²) in [6, 6.07) is 12.9. The molecule has 0 unspecified atom stereocenters. The second kappa shape index (κ2) is 3.72. The van der Waals surface area contributed by atoms with Crippen LogP contribution in [0, 0.1) is 11.3 Å². The second-order valence-electron chi connectivity index (χ2n) is 3.50. The third-order valence-corrected chi connectivity index (χ3v) is 2.44. The first-order valence-electron chi connectivity index (χ1n) is 5.09. The predicted octanol–water partition coefficient (Wildman–Crippen LogP) is 2.76. The molecule has 0 radical (unpaired) electrons. The number of fused-ring (bicyclic) bond motifs is 1. The van der Waals surface area contributed by atoms with Gasteiger partial charge in [-0.3, -0.25) is 0 Å². The van der Waals surface area contributed by atoms with Crippen molar-refractivity contribution in [1.82, 2.24) is 9.97 Å². The maximum atomic E-state index is 9.02. The molecule has 0 bridgehead atoms. The van der Waals surface area contributed by atoms with Crippen molar-refractivity contribution in [3.05, 3.63) is 48.2 Å². The number of nitriles is 1. The number of aromatic nitrogens is 2. The van der Waals surface area contributed by atoms with Crippen molar-refractivity contribution in [1.29, 1.82) is 5.26 Å². The summed E-state index contributed by atoms with van der Waals surface area (Å²) in [5.74, 6) is 0.427. The minimum Gasteiger partial charge on any atom is -0.418 e. The highest BCUT2D eigenvalue weighted by Gasteiger charge is 2.11. The van der Waals surface area contributed by atoms with Crippen LogP contribution in [0.3, 0.4) is 0 Å². The maximum absolute atomic E-state index is 9.02. The molecule has 80 valence electrons. The van der Waals surface area contributed by atoms with Crippen LogP contribution >= 0.6 is 0 Å². The normalized spacial score (nSPS) is 10.3. The number of benzene rings is 1. The predicted molar refractivity (Wildman–Crippen MR) is 62.0 cm³/mol. The molecule has 0 saturated heterocycles. The van der Waals surface area contributed by atoms with E-state index < -0.39 is 0 Å². The van der Waals surface area contributed by atoms with E-state index in [0.29, 0.717) is 28.2 Å². The topological polar surface area (TPSA) is 62.7 Å². The molecule has 4 nitrogen and oxygen atoms in total. The highest BCUT2D eigenvalue weighted by atomic mass is 16.4. The van der Waals surface area contributed by atoms with Gasteiger partial charge in [-0.15, -0.1) is 0 Å². The van der Waals surface area contributed by atoms with E-state index in [1.807, 2.05) is 24.3 Å². The summed E-state index contributed by atoms with van der Waals surface area (Å²) in [5, 5.41) is 9.02. The Bertz CT molecular complexity index is 692. The van der Waals surface area contributed by atoms with Gasteiger partial charge in [0, 0.05) is 6.20 Å². The maximum Gasteiger partial charge on any atom is 0.247 e. The fourth-order valence-electron chi connectivity index (χ4n) is 1.65. The third kappa shape index (κ3) is 1.54. The van der Waals surface area contributed by atoms with Crippen molar-refractivity contribution in [2.24, 2.45) is 0 Å². The summed E-state index contributed by atoms with van der Waals surface area (Å²) in [7, 11) is 0. The van der Waals surface area contributed by atoms with Gasteiger partial charge in [0.25, 0.3) is 0 Å². The quantitative estimate of drug-likeness (QED) is 0.633. The molecule has 0 spiro atoms. The summed E-state index contributed by atoms with van der Waals surface area (Å²) >= 11 is 0. The van der Waals surface area contributed by atoms with Crippen LogP contribution in [0.25, 0.3) is 22.7 Å². The SMILES string of the molecule is N#Cc1ccccc1-c1nc2cccnc2o1. The Morgan fingerprint density at radius 1 is 1.12 bits per heavy atom. The second-order valence-corrected chi connectivity index (χ2v) is 3.50. The average Bonchev–Trinajstić information content (AvgIpc) is 2.82. The fourth-order valence-corrected chi connectivity index (χ4v) is 1.65. The fraction of sp³-hybridized carbons (Fsp3) is 0. The van der Waals surface area contributed by atoms with E-state index in [-0.39, 0.29) is 0 Å².